The Balaban J connectivity index is 0.000000221. The van der Waals surface area contributed by atoms with Crippen LogP contribution in [0.5, 0.6) is 0 Å². The summed E-state index contributed by atoms with van der Waals surface area (Å²) in [6, 6.07) is 10.3. The summed E-state index contributed by atoms with van der Waals surface area (Å²) in [6.45, 7) is 0. The van der Waals surface area contributed by atoms with Gasteiger partial charge in [0, 0.05) is 18.8 Å². The van der Waals surface area contributed by atoms with E-state index in [9.17, 15) is 13.2 Å². The molecule has 0 atom stereocenters. The molecule has 0 saturated heterocycles. The van der Waals surface area contributed by atoms with E-state index in [2.05, 4.69) is 22.1 Å². The van der Waals surface area contributed by atoms with Crippen molar-refractivity contribution in [1.82, 2.24) is 9.97 Å². The zero-order valence-corrected chi connectivity index (χ0v) is 10.8. The second kappa shape index (κ2) is 6.53. The molecule has 0 fully saturated rings. The molecule has 0 bridgehead atoms. The van der Waals surface area contributed by atoms with Crippen molar-refractivity contribution in [3.05, 3.63) is 54.1 Å². The molecule has 2 N–H and O–H groups in total. The van der Waals surface area contributed by atoms with Crippen LogP contribution >= 0.6 is 0 Å². The molecule has 0 unspecified atom stereocenters. The zero-order chi connectivity index (χ0) is 15.2. The number of hydrogen-bond acceptors (Lipinski definition) is 3. The Morgan fingerprint density at radius 1 is 1.20 bits per heavy atom. The molecule has 0 amide bonds. The van der Waals surface area contributed by atoms with Gasteiger partial charge in [0.15, 0.2) is 0 Å². The highest BCUT2D eigenvalue weighted by molar-refractivity contribution is 7.86. The number of imidazole rings is 1. The fraction of sp³-hybridized carbons (Fsp3) is 0.182. The van der Waals surface area contributed by atoms with Crippen molar-refractivity contribution in [2.75, 3.05) is 0 Å². The van der Waals surface area contributed by atoms with Crippen LogP contribution in [-0.4, -0.2) is 28.4 Å². The molecule has 110 valence electrons. The third-order valence-electron chi connectivity index (χ3n) is 2.06. The summed E-state index contributed by atoms with van der Waals surface area (Å²) in [6.07, 6.45) is 4.50. The van der Waals surface area contributed by atoms with Gasteiger partial charge in [0.25, 0.3) is 0 Å². The molecular formula is C11H11F3N2O3S. The number of nitrogens with one attached hydrogen (secondary N) is 1. The highest BCUT2D eigenvalue weighted by atomic mass is 32.2. The van der Waals surface area contributed by atoms with Crippen LogP contribution in [-0.2, 0) is 16.5 Å². The number of halogens is 3. The minimum absolute atomic E-state index is 0.883. The van der Waals surface area contributed by atoms with Crippen molar-refractivity contribution >= 4 is 10.1 Å². The second-order valence-electron chi connectivity index (χ2n) is 3.62. The highest BCUT2D eigenvalue weighted by Crippen LogP contribution is 2.20. The van der Waals surface area contributed by atoms with Crippen molar-refractivity contribution in [1.29, 1.82) is 0 Å². The number of rotatable bonds is 2. The maximum absolute atomic E-state index is 10.7. The summed E-state index contributed by atoms with van der Waals surface area (Å²) >= 11 is 0. The van der Waals surface area contributed by atoms with Gasteiger partial charge in [-0.25, -0.2) is 4.98 Å². The first kappa shape index (κ1) is 16.2. The number of aromatic nitrogens is 2. The van der Waals surface area contributed by atoms with Crippen molar-refractivity contribution in [3.63, 3.8) is 0 Å². The quantitative estimate of drug-likeness (QED) is 0.659. The van der Waals surface area contributed by atoms with E-state index < -0.39 is 15.6 Å². The summed E-state index contributed by atoms with van der Waals surface area (Å²) in [5.74, 6) is 1.02. The Morgan fingerprint density at radius 3 is 2.15 bits per heavy atom. The Labute approximate surface area is 113 Å². The fourth-order valence-electron chi connectivity index (χ4n) is 1.18. The maximum atomic E-state index is 10.7. The fourth-order valence-corrected chi connectivity index (χ4v) is 1.18. The molecule has 5 nitrogen and oxygen atoms in total. The normalized spacial score (nSPS) is 11.6. The van der Waals surface area contributed by atoms with Gasteiger partial charge in [-0.3, -0.25) is 4.55 Å². The van der Waals surface area contributed by atoms with Gasteiger partial charge in [-0.05, 0) is 5.56 Å². The van der Waals surface area contributed by atoms with Crippen LogP contribution in [0.1, 0.15) is 11.4 Å². The predicted octanol–water partition coefficient (Wildman–Crippen LogP) is 2.39. The second-order valence-corrected chi connectivity index (χ2v) is 5.03. The van der Waals surface area contributed by atoms with E-state index in [-0.39, 0.29) is 0 Å². The van der Waals surface area contributed by atoms with E-state index in [1.54, 1.807) is 6.20 Å². The Hall–Kier alpha value is -1.87. The summed E-state index contributed by atoms with van der Waals surface area (Å²) in [4.78, 5) is 7.23. The lowest BCUT2D eigenvalue weighted by atomic mass is 10.1. The Kier molecular flexibility index (Phi) is 5.28. The highest BCUT2D eigenvalue weighted by Gasteiger charge is 2.44. The smallest absolute Gasteiger partial charge is 0.348 e. The summed E-state index contributed by atoms with van der Waals surface area (Å²) < 4.78 is 57.5. The number of aromatic amines is 1. The van der Waals surface area contributed by atoms with Crippen LogP contribution in [0.15, 0.2) is 42.7 Å². The molecule has 0 spiro atoms. The Morgan fingerprint density at radius 2 is 1.75 bits per heavy atom. The third-order valence-corrected chi connectivity index (χ3v) is 2.65. The first-order valence-electron chi connectivity index (χ1n) is 5.26. The van der Waals surface area contributed by atoms with Gasteiger partial charge in [-0.15, -0.1) is 0 Å². The van der Waals surface area contributed by atoms with Gasteiger partial charge in [0.1, 0.15) is 5.82 Å². The third kappa shape index (κ3) is 5.41. The van der Waals surface area contributed by atoms with Crippen LogP contribution in [0.4, 0.5) is 13.2 Å². The number of benzene rings is 1. The minimum atomic E-state index is -5.84. The lowest BCUT2D eigenvalue weighted by Crippen LogP contribution is -2.21. The molecule has 9 heteroatoms. The van der Waals surface area contributed by atoms with Crippen LogP contribution in [0.25, 0.3) is 0 Å². The van der Waals surface area contributed by atoms with Gasteiger partial charge < -0.3 is 4.98 Å². The van der Waals surface area contributed by atoms with E-state index in [1.807, 2.05) is 24.4 Å². The molecule has 0 aliphatic carbocycles. The molecule has 0 radical (unpaired) electrons. The van der Waals surface area contributed by atoms with Crippen molar-refractivity contribution < 1.29 is 26.1 Å². The average molecular weight is 308 g/mol. The van der Waals surface area contributed by atoms with Crippen LogP contribution < -0.4 is 0 Å². The monoisotopic (exact) mass is 308 g/mol. The molecule has 1 aromatic carbocycles. The van der Waals surface area contributed by atoms with E-state index in [0.29, 0.717) is 0 Å². The van der Waals surface area contributed by atoms with Crippen LogP contribution in [0, 0.1) is 0 Å². The van der Waals surface area contributed by atoms with Crippen molar-refractivity contribution in [3.8, 4) is 0 Å². The predicted molar refractivity (Wildman–Crippen MR) is 65.4 cm³/mol. The SMILES string of the molecule is O=S(=O)(O)C(F)(F)F.c1ccc(Cc2ncc[nH]2)cc1. The average Bonchev–Trinajstić information content (AvgIpc) is 2.81. The van der Waals surface area contributed by atoms with Gasteiger partial charge in [-0.2, -0.15) is 21.6 Å². The van der Waals surface area contributed by atoms with E-state index in [4.69, 9.17) is 13.0 Å². The summed E-state index contributed by atoms with van der Waals surface area (Å²) in [7, 11) is -5.84. The number of alkyl halides is 3. The minimum Gasteiger partial charge on any atom is -0.348 e. The molecular weight excluding hydrogens is 297 g/mol. The summed E-state index contributed by atoms with van der Waals surface area (Å²) in [5.41, 5.74) is -4.25. The topological polar surface area (TPSA) is 83.1 Å². The first-order chi connectivity index (χ1) is 9.20. The number of nitrogens with zero attached hydrogens (tertiary/aromatic N) is 1. The van der Waals surface area contributed by atoms with Gasteiger partial charge in [0.05, 0.1) is 0 Å². The van der Waals surface area contributed by atoms with Crippen LogP contribution in [0.2, 0.25) is 0 Å². The van der Waals surface area contributed by atoms with Crippen molar-refractivity contribution in [2.24, 2.45) is 0 Å². The molecule has 2 aromatic rings. The van der Waals surface area contributed by atoms with Crippen molar-refractivity contribution in [2.45, 2.75) is 11.9 Å². The number of H-pyrrole nitrogens is 1. The van der Waals surface area contributed by atoms with Gasteiger partial charge >= 0.3 is 15.6 Å². The molecule has 0 saturated carbocycles. The summed E-state index contributed by atoms with van der Waals surface area (Å²) in [5, 5.41) is 0. The first-order valence-corrected chi connectivity index (χ1v) is 6.70. The van der Waals surface area contributed by atoms with E-state index in [0.717, 1.165) is 12.2 Å². The molecule has 2 rings (SSSR count). The molecule has 0 aliphatic heterocycles. The van der Waals surface area contributed by atoms with E-state index in [1.165, 1.54) is 5.56 Å². The Bertz CT molecular complexity index is 610. The molecule has 1 aromatic heterocycles. The van der Waals surface area contributed by atoms with Gasteiger partial charge in [0.2, 0.25) is 0 Å². The zero-order valence-electron chi connectivity index (χ0n) is 10.0. The van der Waals surface area contributed by atoms with E-state index >= 15 is 0 Å². The molecule has 0 aliphatic rings. The molecule has 1 heterocycles. The maximum Gasteiger partial charge on any atom is 0.522 e. The van der Waals surface area contributed by atoms with Crippen LogP contribution in [0.3, 0.4) is 0 Å². The standard InChI is InChI=1S/C10H10N2.CHF3O3S/c1-2-4-9(5-3-1)8-10-11-6-7-12-10;2-1(3,4)8(5,6)7/h1-7H,8H2,(H,11,12);(H,5,6,7). The number of hydrogen-bond donors (Lipinski definition) is 2. The molecule has 20 heavy (non-hydrogen) atoms. The lowest BCUT2D eigenvalue weighted by Gasteiger charge is -1.97. The largest absolute Gasteiger partial charge is 0.522 e. The van der Waals surface area contributed by atoms with Gasteiger partial charge in [-0.1, -0.05) is 30.3 Å². The lowest BCUT2D eigenvalue weighted by molar-refractivity contribution is -0.0510.